The molecule has 0 aromatic carbocycles. The van der Waals surface area contributed by atoms with Crippen molar-refractivity contribution in [3.8, 4) is 0 Å². The molecule has 1 aliphatic rings. The van der Waals surface area contributed by atoms with Crippen LogP contribution in [0.3, 0.4) is 0 Å². The average Bonchev–Trinajstić information content (AvgIpc) is 2.49. The Labute approximate surface area is 115 Å². The lowest BCUT2D eigenvalue weighted by atomic mass is 9.77. The first-order chi connectivity index (χ1) is 9.27. The molecule has 1 fully saturated rings. The maximum atomic E-state index is 12.4. The third-order valence-corrected chi connectivity index (χ3v) is 4.08. The molecule has 1 aromatic rings. The molecule has 0 radical (unpaired) electrons. The number of carbonyl (C=O) groups excluding carboxylic acids is 1. The van der Waals surface area contributed by atoms with Gasteiger partial charge in [-0.05, 0) is 49.9 Å². The summed E-state index contributed by atoms with van der Waals surface area (Å²) in [7, 11) is 0. The van der Waals surface area contributed by atoms with Crippen LogP contribution in [-0.4, -0.2) is 30.5 Å². The normalized spacial score (nSPS) is 23.0. The van der Waals surface area contributed by atoms with Crippen molar-refractivity contribution in [2.24, 2.45) is 5.41 Å². The second-order valence-electron chi connectivity index (χ2n) is 5.28. The number of amides is 1. The largest absolute Gasteiger partial charge is 0.355 e. The highest BCUT2D eigenvalue weighted by atomic mass is 16.2. The Morgan fingerprint density at radius 1 is 1.47 bits per heavy atom. The topological polar surface area (TPSA) is 54.0 Å². The van der Waals surface area contributed by atoms with E-state index in [1.807, 2.05) is 12.1 Å². The van der Waals surface area contributed by atoms with Crippen molar-refractivity contribution in [2.45, 2.75) is 32.6 Å². The highest BCUT2D eigenvalue weighted by molar-refractivity contribution is 5.83. The maximum absolute atomic E-state index is 12.4. The van der Waals surface area contributed by atoms with Gasteiger partial charge in [-0.25, -0.2) is 0 Å². The number of carbonyl (C=O) groups is 1. The van der Waals surface area contributed by atoms with Gasteiger partial charge < -0.3 is 10.6 Å². The van der Waals surface area contributed by atoms with Crippen molar-refractivity contribution in [3.63, 3.8) is 0 Å². The monoisotopic (exact) mass is 261 g/mol. The van der Waals surface area contributed by atoms with Crippen LogP contribution in [0.2, 0.25) is 0 Å². The molecule has 1 amide bonds. The van der Waals surface area contributed by atoms with E-state index in [9.17, 15) is 4.79 Å². The average molecular weight is 261 g/mol. The summed E-state index contributed by atoms with van der Waals surface area (Å²) in [5, 5.41) is 6.44. The molecule has 1 saturated heterocycles. The van der Waals surface area contributed by atoms with E-state index in [1.165, 1.54) is 5.56 Å². The Morgan fingerprint density at radius 3 is 2.89 bits per heavy atom. The first kappa shape index (κ1) is 14.0. The highest BCUT2D eigenvalue weighted by Gasteiger charge is 2.37. The van der Waals surface area contributed by atoms with Crippen molar-refractivity contribution in [3.05, 3.63) is 30.1 Å². The van der Waals surface area contributed by atoms with E-state index in [0.29, 0.717) is 6.54 Å². The summed E-state index contributed by atoms with van der Waals surface area (Å²) < 4.78 is 0. The van der Waals surface area contributed by atoms with Crippen LogP contribution in [0.15, 0.2) is 24.5 Å². The Kier molecular flexibility index (Phi) is 4.91. The number of aromatic nitrogens is 1. The predicted molar refractivity (Wildman–Crippen MR) is 75.8 cm³/mol. The molecule has 0 spiro atoms. The van der Waals surface area contributed by atoms with E-state index in [1.54, 1.807) is 12.4 Å². The fraction of sp³-hybridized carbons (Fsp3) is 0.600. The third-order valence-electron chi connectivity index (χ3n) is 4.08. The number of nitrogens with zero attached hydrogens (tertiary/aromatic N) is 1. The summed E-state index contributed by atoms with van der Waals surface area (Å²) >= 11 is 0. The van der Waals surface area contributed by atoms with E-state index in [2.05, 4.69) is 22.5 Å². The molecule has 104 valence electrons. The zero-order valence-corrected chi connectivity index (χ0v) is 11.6. The molecule has 2 rings (SSSR count). The Hall–Kier alpha value is -1.42. The lowest BCUT2D eigenvalue weighted by Gasteiger charge is -2.35. The van der Waals surface area contributed by atoms with Crippen LogP contribution in [0.4, 0.5) is 0 Å². The van der Waals surface area contributed by atoms with Gasteiger partial charge in [-0.2, -0.15) is 0 Å². The van der Waals surface area contributed by atoms with Crippen molar-refractivity contribution < 1.29 is 4.79 Å². The number of piperidine rings is 1. The molecule has 0 bridgehead atoms. The molecule has 1 atom stereocenters. The number of hydrogen-bond acceptors (Lipinski definition) is 3. The third kappa shape index (κ3) is 3.53. The van der Waals surface area contributed by atoms with E-state index < -0.39 is 0 Å². The van der Waals surface area contributed by atoms with E-state index >= 15 is 0 Å². The summed E-state index contributed by atoms with van der Waals surface area (Å²) in [6.07, 6.45) is 7.43. The number of rotatable bonds is 5. The van der Waals surface area contributed by atoms with Gasteiger partial charge in [0.2, 0.25) is 5.91 Å². The van der Waals surface area contributed by atoms with Crippen molar-refractivity contribution in [1.29, 1.82) is 0 Å². The van der Waals surface area contributed by atoms with Crippen LogP contribution in [0.1, 0.15) is 31.7 Å². The fourth-order valence-corrected chi connectivity index (χ4v) is 2.68. The summed E-state index contributed by atoms with van der Waals surface area (Å²) in [6.45, 7) is 4.65. The van der Waals surface area contributed by atoms with E-state index in [0.717, 1.165) is 38.8 Å². The van der Waals surface area contributed by atoms with Gasteiger partial charge in [-0.15, -0.1) is 0 Å². The van der Waals surface area contributed by atoms with Crippen molar-refractivity contribution in [2.75, 3.05) is 19.6 Å². The molecule has 1 aromatic heterocycles. The van der Waals surface area contributed by atoms with Gasteiger partial charge in [-0.1, -0.05) is 6.92 Å². The van der Waals surface area contributed by atoms with E-state index in [4.69, 9.17) is 0 Å². The zero-order chi connectivity index (χ0) is 13.6. The zero-order valence-electron chi connectivity index (χ0n) is 11.6. The first-order valence-corrected chi connectivity index (χ1v) is 7.15. The maximum Gasteiger partial charge on any atom is 0.227 e. The summed E-state index contributed by atoms with van der Waals surface area (Å²) in [4.78, 5) is 16.4. The number of pyridine rings is 1. The van der Waals surface area contributed by atoms with Gasteiger partial charge in [0.25, 0.3) is 0 Å². The molecule has 4 heteroatoms. The number of nitrogens with one attached hydrogen (secondary N) is 2. The lowest BCUT2D eigenvalue weighted by Crippen LogP contribution is -2.50. The first-order valence-electron chi connectivity index (χ1n) is 7.15. The van der Waals surface area contributed by atoms with Gasteiger partial charge >= 0.3 is 0 Å². The smallest absolute Gasteiger partial charge is 0.227 e. The molecule has 1 unspecified atom stereocenters. The van der Waals surface area contributed by atoms with E-state index in [-0.39, 0.29) is 11.3 Å². The Bertz CT molecular complexity index is 399. The SMILES string of the molecule is CCC1(C(=O)NCCc2ccncc2)CCCNC1. The summed E-state index contributed by atoms with van der Waals surface area (Å²) in [5.41, 5.74) is 1.01. The second-order valence-corrected chi connectivity index (χ2v) is 5.28. The van der Waals surface area contributed by atoms with Gasteiger partial charge in [0.1, 0.15) is 0 Å². The minimum atomic E-state index is -0.198. The van der Waals surface area contributed by atoms with Gasteiger partial charge in [0.15, 0.2) is 0 Å². The number of hydrogen-bond donors (Lipinski definition) is 2. The van der Waals surface area contributed by atoms with Crippen LogP contribution >= 0.6 is 0 Å². The minimum Gasteiger partial charge on any atom is -0.355 e. The Morgan fingerprint density at radius 2 is 2.26 bits per heavy atom. The quantitative estimate of drug-likeness (QED) is 0.845. The Balaban J connectivity index is 1.83. The molecular weight excluding hydrogens is 238 g/mol. The van der Waals surface area contributed by atoms with Crippen molar-refractivity contribution >= 4 is 5.91 Å². The molecule has 2 N–H and O–H groups in total. The molecular formula is C15H23N3O. The molecule has 2 heterocycles. The highest BCUT2D eigenvalue weighted by Crippen LogP contribution is 2.30. The predicted octanol–water partition coefficient (Wildman–Crippen LogP) is 1.52. The summed E-state index contributed by atoms with van der Waals surface area (Å²) in [6, 6.07) is 3.98. The summed E-state index contributed by atoms with van der Waals surface area (Å²) in [5.74, 6) is 0.205. The standard InChI is InChI=1S/C15H23N3O/c1-2-15(7-3-8-17-12-15)14(19)18-11-6-13-4-9-16-10-5-13/h4-5,9-10,17H,2-3,6-8,11-12H2,1H3,(H,18,19). The lowest BCUT2D eigenvalue weighted by molar-refractivity contribution is -0.132. The second kappa shape index (κ2) is 6.66. The fourth-order valence-electron chi connectivity index (χ4n) is 2.68. The van der Waals surface area contributed by atoms with Crippen molar-refractivity contribution in [1.82, 2.24) is 15.6 Å². The van der Waals surface area contributed by atoms with Gasteiger partial charge in [0.05, 0.1) is 5.41 Å². The molecule has 1 aliphatic heterocycles. The molecule has 4 nitrogen and oxygen atoms in total. The van der Waals surface area contributed by atoms with Crippen LogP contribution in [-0.2, 0) is 11.2 Å². The molecule has 0 saturated carbocycles. The minimum absolute atomic E-state index is 0.198. The van der Waals surface area contributed by atoms with Crippen LogP contribution in [0, 0.1) is 5.41 Å². The molecule has 0 aliphatic carbocycles. The van der Waals surface area contributed by atoms with Crippen LogP contribution < -0.4 is 10.6 Å². The van der Waals surface area contributed by atoms with Gasteiger partial charge in [-0.3, -0.25) is 9.78 Å². The van der Waals surface area contributed by atoms with Gasteiger partial charge in [0, 0.05) is 25.5 Å². The molecule has 19 heavy (non-hydrogen) atoms. The van der Waals surface area contributed by atoms with Crippen LogP contribution in [0.5, 0.6) is 0 Å². The van der Waals surface area contributed by atoms with Crippen LogP contribution in [0.25, 0.3) is 0 Å².